The number of benzene rings is 2. The summed E-state index contributed by atoms with van der Waals surface area (Å²) in [6.07, 6.45) is 4.39. The molecule has 8 nitrogen and oxygen atoms in total. The molecule has 0 atom stereocenters. The van der Waals surface area contributed by atoms with Crippen molar-refractivity contribution in [3.63, 3.8) is 0 Å². The van der Waals surface area contributed by atoms with Crippen LogP contribution in [0.4, 0.5) is 0 Å². The van der Waals surface area contributed by atoms with Crippen LogP contribution in [-0.2, 0) is 12.8 Å². The molecule has 0 radical (unpaired) electrons. The number of ether oxygens (including phenoxy) is 1. The van der Waals surface area contributed by atoms with E-state index in [1.807, 2.05) is 19.1 Å². The lowest BCUT2D eigenvalue weighted by atomic mass is 9.86. The van der Waals surface area contributed by atoms with Gasteiger partial charge in [0.05, 0.1) is 24.1 Å². The molecule has 0 aliphatic heterocycles. The van der Waals surface area contributed by atoms with Crippen molar-refractivity contribution in [1.29, 1.82) is 0 Å². The topological polar surface area (TPSA) is 103 Å². The van der Waals surface area contributed by atoms with Gasteiger partial charge in [0.2, 0.25) is 5.91 Å². The summed E-state index contributed by atoms with van der Waals surface area (Å²) in [5.74, 6) is -0.0988. The summed E-state index contributed by atoms with van der Waals surface area (Å²) in [6, 6.07) is 10.8. The Morgan fingerprint density at radius 1 is 1.05 bits per heavy atom. The molecular weight excluding hydrogens is 525 g/mol. The van der Waals surface area contributed by atoms with Crippen molar-refractivity contribution < 1.29 is 14.3 Å². The largest absolute Gasteiger partial charge is 0.496 e. The van der Waals surface area contributed by atoms with Gasteiger partial charge in [-0.15, -0.1) is 0 Å². The fourth-order valence-electron chi connectivity index (χ4n) is 4.73. The Morgan fingerprint density at radius 3 is 2.45 bits per heavy atom. The number of hydrogen-bond donors (Lipinski definition) is 1. The number of methoxy groups -OCH3 is 1. The third kappa shape index (κ3) is 4.50. The zero-order valence-corrected chi connectivity index (χ0v) is 22.6. The van der Waals surface area contributed by atoms with Gasteiger partial charge in [0.25, 0.3) is 5.91 Å². The summed E-state index contributed by atoms with van der Waals surface area (Å²) in [6.45, 7) is 2.46. The minimum Gasteiger partial charge on any atom is -0.496 e. The van der Waals surface area contributed by atoms with Gasteiger partial charge in [0.1, 0.15) is 5.75 Å². The van der Waals surface area contributed by atoms with Crippen molar-refractivity contribution in [1.82, 2.24) is 19.7 Å². The van der Waals surface area contributed by atoms with Crippen LogP contribution in [0.2, 0.25) is 10.0 Å². The van der Waals surface area contributed by atoms with Crippen molar-refractivity contribution >= 4 is 35.0 Å². The molecule has 1 aliphatic carbocycles. The molecular formula is C28H25Cl2N5O3. The van der Waals surface area contributed by atoms with E-state index in [2.05, 4.69) is 4.98 Å². The lowest BCUT2D eigenvalue weighted by molar-refractivity contribution is 0.0795. The smallest absolute Gasteiger partial charge is 0.274 e. The van der Waals surface area contributed by atoms with E-state index in [-0.39, 0.29) is 11.5 Å². The van der Waals surface area contributed by atoms with Gasteiger partial charge < -0.3 is 15.4 Å². The highest BCUT2D eigenvalue weighted by Crippen LogP contribution is 2.43. The average molecular weight is 550 g/mol. The van der Waals surface area contributed by atoms with Crippen molar-refractivity contribution in [3.8, 4) is 33.8 Å². The third-order valence-electron chi connectivity index (χ3n) is 6.76. The van der Waals surface area contributed by atoms with E-state index < -0.39 is 5.91 Å². The normalized spacial score (nSPS) is 12.0. The Balaban J connectivity index is 1.79. The van der Waals surface area contributed by atoms with Gasteiger partial charge in [0.15, 0.2) is 5.69 Å². The Labute approximate surface area is 229 Å². The SMILES string of the molecule is CCN(C)C(=O)c1nn(-c2cc(Cl)cc(Cl)c2)c2c1CCc1cc(OC)c(-c3cncc(C(N)=O)c3)cc1-2. The van der Waals surface area contributed by atoms with Crippen LogP contribution in [0, 0.1) is 0 Å². The van der Waals surface area contributed by atoms with Crippen LogP contribution in [-0.4, -0.2) is 52.2 Å². The Kier molecular flexibility index (Phi) is 6.86. The van der Waals surface area contributed by atoms with Gasteiger partial charge in [-0.1, -0.05) is 23.2 Å². The highest BCUT2D eigenvalue weighted by atomic mass is 35.5. The van der Waals surface area contributed by atoms with Crippen LogP contribution >= 0.6 is 23.2 Å². The summed E-state index contributed by atoms with van der Waals surface area (Å²) in [5.41, 5.74) is 11.8. The molecule has 4 aromatic rings. The van der Waals surface area contributed by atoms with Crippen LogP contribution in [0.15, 0.2) is 48.8 Å². The highest BCUT2D eigenvalue weighted by Gasteiger charge is 2.31. The summed E-state index contributed by atoms with van der Waals surface area (Å²) >= 11 is 12.7. The second kappa shape index (κ2) is 10.1. The number of aryl methyl sites for hydroxylation is 1. The van der Waals surface area contributed by atoms with Crippen molar-refractivity contribution in [3.05, 3.63) is 81.2 Å². The van der Waals surface area contributed by atoms with Crippen LogP contribution in [0.3, 0.4) is 0 Å². The Bertz CT molecular complexity index is 1580. The Hall–Kier alpha value is -3.88. The number of nitrogens with zero attached hydrogens (tertiary/aromatic N) is 4. The van der Waals surface area contributed by atoms with Gasteiger partial charge >= 0.3 is 0 Å². The molecule has 2 amide bonds. The maximum Gasteiger partial charge on any atom is 0.274 e. The molecule has 10 heteroatoms. The molecule has 0 spiro atoms. The summed E-state index contributed by atoms with van der Waals surface area (Å²) < 4.78 is 7.46. The molecule has 0 fully saturated rings. The van der Waals surface area contributed by atoms with Gasteiger partial charge in [-0.05, 0) is 61.7 Å². The van der Waals surface area contributed by atoms with Crippen LogP contribution in [0.1, 0.15) is 38.9 Å². The number of nitrogens with two attached hydrogens (primary N) is 1. The average Bonchev–Trinajstić information content (AvgIpc) is 3.31. The number of rotatable bonds is 6. The molecule has 2 aromatic heterocycles. The molecule has 2 N–H and O–H groups in total. The fraction of sp³-hybridized carbons (Fsp3) is 0.214. The van der Waals surface area contributed by atoms with Crippen LogP contribution < -0.4 is 10.5 Å². The number of carbonyl (C=O) groups excluding carboxylic acids is 2. The highest BCUT2D eigenvalue weighted by molar-refractivity contribution is 6.34. The Morgan fingerprint density at radius 2 is 1.79 bits per heavy atom. The number of amides is 2. The molecule has 2 heterocycles. The number of halogens is 2. The molecule has 0 saturated heterocycles. The van der Waals surface area contributed by atoms with E-state index in [1.54, 1.807) is 54.2 Å². The number of pyridine rings is 1. The molecule has 0 bridgehead atoms. The van der Waals surface area contributed by atoms with E-state index in [1.165, 1.54) is 6.20 Å². The third-order valence-corrected chi connectivity index (χ3v) is 7.19. The quantitative estimate of drug-likeness (QED) is 0.355. The zero-order chi connectivity index (χ0) is 27.1. The first-order chi connectivity index (χ1) is 18.2. The maximum absolute atomic E-state index is 13.4. The standard InChI is InChI=1S/C28H25Cl2N5O3/c1-4-34(2)28(37)25-21-6-5-15-8-24(38-3)22(16-7-17(27(31)36)14-32-13-16)12-23(15)26(21)35(33-25)20-10-18(29)9-19(30)11-20/h7-14H,4-6H2,1-3H3,(H2,31,36). The molecule has 0 saturated carbocycles. The van der Waals surface area contributed by atoms with Crippen molar-refractivity contribution in [2.45, 2.75) is 19.8 Å². The summed E-state index contributed by atoms with van der Waals surface area (Å²) in [4.78, 5) is 31.0. The molecule has 0 unspecified atom stereocenters. The summed E-state index contributed by atoms with van der Waals surface area (Å²) in [7, 11) is 3.35. The molecule has 2 aromatic carbocycles. The lowest BCUT2D eigenvalue weighted by Gasteiger charge is -2.22. The predicted octanol–water partition coefficient (Wildman–Crippen LogP) is 5.21. The monoisotopic (exact) mass is 549 g/mol. The number of primary amides is 1. The molecule has 38 heavy (non-hydrogen) atoms. The number of fused-ring (bicyclic) bond motifs is 3. The fourth-order valence-corrected chi connectivity index (χ4v) is 5.25. The number of hydrogen-bond acceptors (Lipinski definition) is 5. The number of carbonyl (C=O) groups is 2. The first-order valence-electron chi connectivity index (χ1n) is 12.0. The second-order valence-corrected chi connectivity index (χ2v) is 9.94. The second-order valence-electron chi connectivity index (χ2n) is 9.07. The van der Waals surface area contributed by atoms with Gasteiger partial charge in [0, 0.05) is 58.3 Å². The minimum absolute atomic E-state index is 0.161. The minimum atomic E-state index is -0.572. The molecule has 194 valence electrons. The van der Waals surface area contributed by atoms with Gasteiger partial charge in [-0.25, -0.2) is 4.68 Å². The van der Waals surface area contributed by atoms with E-state index in [9.17, 15) is 9.59 Å². The van der Waals surface area contributed by atoms with Gasteiger partial charge in [-0.3, -0.25) is 14.6 Å². The molecule has 5 rings (SSSR count). The summed E-state index contributed by atoms with van der Waals surface area (Å²) in [5, 5.41) is 5.71. The maximum atomic E-state index is 13.4. The van der Waals surface area contributed by atoms with E-state index in [4.69, 9.17) is 38.8 Å². The van der Waals surface area contributed by atoms with Gasteiger partial charge in [-0.2, -0.15) is 5.10 Å². The van der Waals surface area contributed by atoms with E-state index in [0.29, 0.717) is 52.1 Å². The predicted molar refractivity (Wildman–Crippen MR) is 147 cm³/mol. The first-order valence-corrected chi connectivity index (χ1v) is 12.8. The lowest BCUT2D eigenvalue weighted by Crippen LogP contribution is -2.27. The van der Waals surface area contributed by atoms with Crippen LogP contribution in [0.25, 0.3) is 28.1 Å². The zero-order valence-electron chi connectivity index (χ0n) is 21.1. The van der Waals surface area contributed by atoms with E-state index in [0.717, 1.165) is 27.9 Å². The first kappa shape index (κ1) is 25.8. The molecule has 1 aliphatic rings. The van der Waals surface area contributed by atoms with E-state index >= 15 is 0 Å². The van der Waals surface area contributed by atoms with Crippen molar-refractivity contribution in [2.24, 2.45) is 5.73 Å². The number of aromatic nitrogens is 3. The van der Waals surface area contributed by atoms with Crippen molar-refractivity contribution in [2.75, 3.05) is 20.7 Å². The van der Waals surface area contributed by atoms with Crippen LogP contribution in [0.5, 0.6) is 5.75 Å².